The molecule has 0 fully saturated rings. The molecule has 4 nitrogen and oxygen atoms in total. The maximum absolute atomic E-state index is 13.5. The van der Waals surface area contributed by atoms with Gasteiger partial charge in [0, 0.05) is 5.39 Å². The average Bonchev–Trinajstić information content (AvgIpc) is 2.60. The summed E-state index contributed by atoms with van der Waals surface area (Å²) in [4.78, 5) is 28.0. The molecule has 0 N–H and O–H groups in total. The molecule has 1 aromatic heterocycles. The summed E-state index contributed by atoms with van der Waals surface area (Å²) in [6.45, 7) is -0.698. The zero-order valence-electron chi connectivity index (χ0n) is 12.6. The van der Waals surface area contributed by atoms with E-state index in [1.165, 1.54) is 12.1 Å². The van der Waals surface area contributed by atoms with Crippen LogP contribution in [-0.2, 0) is 4.74 Å². The van der Waals surface area contributed by atoms with Crippen molar-refractivity contribution in [2.45, 2.75) is 0 Å². The number of benzene rings is 2. The highest BCUT2D eigenvalue weighted by Crippen LogP contribution is 2.18. The Kier molecular flexibility index (Phi) is 4.72. The first-order valence-electron chi connectivity index (χ1n) is 7.16. The number of ether oxygens (including phenoxy) is 1. The molecule has 0 radical (unpaired) electrons. The third-order valence-electron chi connectivity index (χ3n) is 3.45. The van der Waals surface area contributed by atoms with Gasteiger partial charge in [-0.05, 0) is 48.5 Å². The molecule has 0 saturated heterocycles. The van der Waals surface area contributed by atoms with Gasteiger partial charge in [-0.25, -0.2) is 18.6 Å². The number of hydrogen-bond acceptors (Lipinski definition) is 4. The van der Waals surface area contributed by atoms with Crippen molar-refractivity contribution < 1.29 is 23.1 Å². The second kappa shape index (κ2) is 6.94. The van der Waals surface area contributed by atoms with Crippen molar-refractivity contribution >= 4 is 34.3 Å². The molecule has 0 aliphatic heterocycles. The Morgan fingerprint density at radius 2 is 1.84 bits per heavy atom. The largest absolute Gasteiger partial charge is 0.454 e. The molecule has 0 saturated carbocycles. The lowest BCUT2D eigenvalue weighted by Crippen LogP contribution is -2.15. The van der Waals surface area contributed by atoms with Gasteiger partial charge in [0.05, 0.1) is 16.6 Å². The number of Topliss-reactive ketones (excluding diaryl/α,β-unsaturated/α-hetero) is 1. The van der Waals surface area contributed by atoms with E-state index < -0.39 is 35.6 Å². The van der Waals surface area contributed by atoms with Crippen molar-refractivity contribution in [1.29, 1.82) is 0 Å². The Labute approximate surface area is 146 Å². The molecule has 0 aliphatic carbocycles. The standard InChI is InChI=1S/C18H10ClF2NO3/c19-17-6-2-10-7-11(1-5-15(10)22-17)18(24)25-9-16(23)13-8-12(20)3-4-14(13)21/h1-8H,9H2. The number of ketones is 1. The van der Waals surface area contributed by atoms with Gasteiger partial charge in [-0.3, -0.25) is 4.79 Å². The molecule has 3 rings (SSSR count). The summed E-state index contributed by atoms with van der Waals surface area (Å²) in [6.07, 6.45) is 0. The van der Waals surface area contributed by atoms with Crippen molar-refractivity contribution in [2.24, 2.45) is 0 Å². The van der Waals surface area contributed by atoms with E-state index in [1.807, 2.05) is 0 Å². The zero-order valence-corrected chi connectivity index (χ0v) is 13.4. The molecule has 0 atom stereocenters. The van der Waals surface area contributed by atoms with Crippen LogP contribution in [0.4, 0.5) is 8.78 Å². The van der Waals surface area contributed by atoms with Gasteiger partial charge >= 0.3 is 5.97 Å². The fraction of sp³-hybridized carbons (Fsp3) is 0.0556. The van der Waals surface area contributed by atoms with Gasteiger partial charge in [-0.1, -0.05) is 11.6 Å². The highest BCUT2D eigenvalue weighted by molar-refractivity contribution is 6.29. The topological polar surface area (TPSA) is 56.3 Å². The molecular weight excluding hydrogens is 352 g/mol. The summed E-state index contributed by atoms with van der Waals surface area (Å²) in [5, 5.41) is 0.992. The Hall–Kier alpha value is -2.86. The number of esters is 1. The van der Waals surface area contributed by atoms with Crippen molar-refractivity contribution in [3.05, 3.63) is 76.4 Å². The molecule has 126 valence electrons. The van der Waals surface area contributed by atoms with E-state index in [2.05, 4.69) is 4.98 Å². The van der Waals surface area contributed by atoms with Crippen LogP contribution >= 0.6 is 11.6 Å². The fourth-order valence-electron chi connectivity index (χ4n) is 2.23. The number of hydrogen-bond donors (Lipinski definition) is 0. The van der Waals surface area contributed by atoms with E-state index in [1.54, 1.807) is 18.2 Å². The quantitative estimate of drug-likeness (QED) is 0.397. The number of nitrogens with zero attached hydrogens (tertiary/aromatic N) is 1. The maximum Gasteiger partial charge on any atom is 0.338 e. The van der Waals surface area contributed by atoms with Gasteiger partial charge < -0.3 is 4.74 Å². The molecule has 0 spiro atoms. The van der Waals surface area contributed by atoms with Gasteiger partial charge in [0.25, 0.3) is 0 Å². The Bertz CT molecular complexity index is 991. The van der Waals surface area contributed by atoms with Crippen LogP contribution in [0.2, 0.25) is 5.15 Å². The molecule has 1 heterocycles. The number of halogens is 3. The minimum absolute atomic E-state index is 0.198. The van der Waals surface area contributed by atoms with Crippen molar-refractivity contribution in [3.8, 4) is 0 Å². The number of fused-ring (bicyclic) bond motifs is 1. The Morgan fingerprint density at radius 3 is 2.64 bits per heavy atom. The maximum atomic E-state index is 13.5. The van der Waals surface area contributed by atoms with E-state index in [0.717, 1.165) is 18.2 Å². The molecule has 0 amide bonds. The smallest absolute Gasteiger partial charge is 0.338 e. The van der Waals surface area contributed by atoms with Gasteiger partial charge in [-0.15, -0.1) is 0 Å². The van der Waals surface area contributed by atoms with Gasteiger partial charge in [0.2, 0.25) is 5.78 Å². The molecular formula is C18H10ClF2NO3. The Morgan fingerprint density at radius 1 is 1.04 bits per heavy atom. The normalized spacial score (nSPS) is 10.7. The highest BCUT2D eigenvalue weighted by atomic mass is 35.5. The van der Waals surface area contributed by atoms with E-state index >= 15 is 0 Å². The molecule has 7 heteroatoms. The predicted molar refractivity (Wildman–Crippen MR) is 87.7 cm³/mol. The molecule has 25 heavy (non-hydrogen) atoms. The summed E-state index contributed by atoms with van der Waals surface area (Å²) in [5.74, 6) is -3.23. The van der Waals surface area contributed by atoms with Gasteiger partial charge in [0.15, 0.2) is 6.61 Å². The van der Waals surface area contributed by atoms with Crippen LogP contribution in [-0.4, -0.2) is 23.3 Å². The first-order valence-corrected chi connectivity index (χ1v) is 7.53. The van der Waals surface area contributed by atoms with Crippen LogP contribution in [0.3, 0.4) is 0 Å². The third kappa shape index (κ3) is 3.80. The predicted octanol–water partition coefficient (Wildman–Crippen LogP) is 4.21. The van der Waals surface area contributed by atoms with Gasteiger partial charge in [0.1, 0.15) is 16.8 Å². The lowest BCUT2D eigenvalue weighted by atomic mass is 10.1. The molecule has 2 aromatic carbocycles. The van der Waals surface area contributed by atoms with Crippen LogP contribution in [0.5, 0.6) is 0 Å². The van der Waals surface area contributed by atoms with E-state index in [-0.39, 0.29) is 5.56 Å². The molecule has 0 unspecified atom stereocenters. The van der Waals surface area contributed by atoms with Crippen LogP contribution in [0.15, 0.2) is 48.5 Å². The molecule has 3 aromatic rings. The summed E-state index contributed by atoms with van der Waals surface area (Å²) < 4.78 is 31.5. The monoisotopic (exact) mass is 361 g/mol. The van der Waals surface area contributed by atoms with Gasteiger partial charge in [-0.2, -0.15) is 0 Å². The number of aromatic nitrogens is 1. The van der Waals surface area contributed by atoms with Crippen LogP contribution in [0, 0.1) is 11.6 Å². The van der Waals surface area contributed by atoms with Crippen LogP contribution < -0.4 is 0 Å². The second-order valence-corrected chi connectivity index (χ2v) is 5.55. The Balaban J connectivity index is 1.73. The van der Waals surface area contributed by atoms with E-state index in [0.29, 0.717) is 16.1 Å². The lowest BCUT2D eigenvalue weighted by Gasteiger charge is -2.06. The first kappa shape index (κ1) is 17.0. The summed E-state index contributed by atoms with van der Waals surface area (Å²) >= 11 is 5.79. The van der Waals surface area contributed by atoms with Crippen molar-refractivity contribution in [3.63, 3.8) is 0 Å². The third-order valence-corrected chi connectivity index (χ3v) is 3.66. The van der Waals surface area contributed by atoms with Crippen LogP contribution in [0.1, 0.15) is 20.7 Å². The lowest BCUT2D eigenvalue weighted by molar-refractivity contribution is 0.0473. The van der Waals surface area contributed by atoms with Crippen LogP contribution in [0.25, 0.3) is 10.9 Å². The number of pyridine rings is 1. The minimum atomic E-state index is -0.879. The van der Waals surface area contributed by atoms with E-state index in [9.17, 15) is 18.4 Å². The van der Waals surface area contributed by atoms with E-state index in [4.69, 9.17) is 16.3 Å². The summed E-state index contributed by atoms with van der Waals surface area (Å²) in [7, 11) is 0. The first-order chi connectivity index (χ1) is 11.9. The summed E-state index contributed by atoms with van der Waals surface area (Å²) in [6, 6.07) is 10.4. The van der Waals surface area contributed by atoms with Crippen molar-refractivity contribution in [2.75, 3.05) is 6.61 Å². The summed E-state index contributed by atoms with van der Waals surface area (Å²) in [5.41, 5.74) is 0.330. The number of carbonyl (C=O) groups is 2. The number of carbonyl (C=O) groups excluding carboxylic acids is 2. The van der Waals surface area contributed by atoms with Crippen molar-refractivity contribution in [1.82, 2.24) is 4.98 Å². The average molecular weight is 362 g/mol. The highest BCUT2D eigenvalue weighted by Gasteiger charge is 2.16. The second-order valence-electron chi connectivity index (χ2n) is 5.16. The fourth-order valence-corrected chi connectivity index (χ4v) is 2.39. The molecule has 0 bridgehead atoms. The molecule has 0 aliphatic rings. The zero-order chi connectivity index (χ0) is 18.0. The number of rotatable bonds is 4. The SMILES string of the molecule is O=C(OCC(=O)c1cc(F)ccc1F)c1ccc2nc(Cl)ccc2c1. The minimum Gasteiger partial charge on any atom is -0.454 e.